The molecule has 3 N–H and O–H groups in total. The average molecular weight is 383 g/mol. The third kappa shape index (κ3) is 3.84. The van der Waals surface area contributed by atoms with Crippen molar-refractivity contribution in [1.82, 2.24) is 9.97 Å². The van der Waals surface area contributed by atoms with E-state index >= 15 is 0 Å². The lowest BCUT2D eigenvalue weighted by molar-refractivity contribution is 0.410. The van der Waals surface area contributed by atoms with Gasteiger partial charge in [-0.15, -0.1) is 0 Å². The summed E-state index contributed by atoms with van der Waals surface area (Å²) in [6.45, 7) is 0. The second-order valence-electron chi connectivity index (χ2n) is 7.04. The minimum Gasteiger partial charge on any atom is -0.496 e. The highest BCUT2D eigenvalue weighted by Crippen LogP contribution is 2.37. The Balaban J connectivity index is 1.67. The molecular weight excluding hydrogens is 360 g/mol. The van der Waals surface area contributed by atoms with Gasteiger partial charge in [-0.25, -0.2) is 9.97 Å². The lowest BCUT2D eigenvalue weighted by atomic mass is 9.92. The number of benzene rings is 2. The first-order valence-corrected chi connectivity index (χ1v) is 9.63. The maximum atomic E-state index is 6.38. The number of hydrogen-bond acceptors (Lipinski definition) is 5. The summed E-state index contributed by atoms with van der Waals surface area (Å²) in [5, 5.41) is 5.08. The highest BCUT2D eigenvalue weighted by molar-refractivity contribution is 6.33. The van der Waals surface area contributed by atoms with Gasteiger partial charge >= 0.3 is 0 Å². The van der Waals surface area contributed by atoms with E-state index in [0.29, 0.717) is 23.1 Å². The molecular formula is C21H23ClN4O. The summed E-state index contributed by atoms with van der Waals surface area (Å²) in [5.41, 5.74) is 8.69. The molecule has 1 saturated carbocycles. The quantitative estimate of drug-likeness (QED) is 0.687. The van der Waals surface area contributed by atoms with Gasteiger partial charge in [0, 0.05) is 45.9 Å². The van der Waals surface area contributed by atoms with E-state index in [2.05, 4.69) is 15.3 Å². The van der Waals surface area contributed by atoms with Gasteiger partial charge in [0.25, 0.3) is 0 Å². The first-order valence-electron chi connectivity index (χ1n) is 9.26. The van der Waals surface area contributed by atoms with E-state index in [1.165, 1.54) is 0 Å². The Labute approximate surface area is 163 Å². The van der Waals surface area contributed by atoms with Gasteiger partial charge in [0.2, 0.25) is 5.95 Å². The number of nitrogens with zero attached hydrogens (tertiary/aromatic N) is 2. The van der Waals surface area contributed by atoms with Gasteiger partial charge in [-0.3, -0.25) is 0 Å². The maximum absolute atomic E-state index is 6.38. The fraction of sp³-hybridized carbons (Fsp3) is 0.333. The lowest BCUT2D eigenvalue weighted by Crippen LogP contribution is -2.33. The average Bonchev–Trinajstić information content (AvgIpc) is 2.69. The molecule has 5 nitrogen and oxygen atoms in total. The number of nitrogens with one attached hydrogen (secondary N) is 1. The second kappa shape index (κ2) is 7.71. The molecule has 140 valence electrons. The standard InChI is InChI=1S/C21H23ClN4O/c1-27-20-11-19-13(10-17(20)16-4-2-3-5-18(16)22)12-24-21(26-19)25-15-8-6-14(23)7-9-15/h2-5,10-12,14-15H,6-9,23H2,1H3,(H,24,25,26). The third-order valence-corrected chi connectivity index (χ3v) is 5.50. The van der Waals surface area contributed by atoms with E-state index in [9.17, 15) is 0 Å². The molecule has 1 aromatic heterocycles. The third-order valence-electron chi connectivity index (χ3n) is 5.17. The van der Waals surface area contributed by atoms with E-state index in [4.69, 9.17) is 22.1 Å². The van der Waals surface area contributed by atoms with Crippen LogP contribution >= 0.6 is 11.6 Å². The molecule has 27 heavy (non-hydrogen) atoms. The van der Waals surface area contributed by atoms with Crippen LogP contribution in [-0.2, 0) is 0 Å². The van der Waals surface area contributed by atoms with Crippen molar-refractivity contribution in [2.75, 3.05) is 12.4 Å². The van der Waals surface area contributed by atoms with Gasteiger partial charge in [0.1, 0.15) is 5.75 Å². The molecule has 0 aliphatic heterocycles. The molecule has 0 saturated heterocycles. The molecule has 0 amide bonds. The van der Waals surface area contributed by atoms with Gasteiger partial charge in [-0.2, -0.15) is 0 Å². The van der Waals surface area contributed by atoms with Crippen LogP contribution in [0.3, 0.4) is 0 Å². The Morgan fingerprint density at radius 1 is 1.11 bits per heavy atom. The van der Waals surface area contributed by atoms with Crippen LogP contribution in [0.1, 0.15) is 25.7 Å². The summed E-state index contributed by atoms with van der Waals surface area (Å²) in [7, 11) is 1.66. The summed E-state index contributed by atoms with van der Waals surface area (Å²) in [5.74, 6) is 1.39. The first kappa shape index (κ1) is 18.0. The second-order valence-corrected chi connectivity index (χ2v) is 7.45. The normalized spacial score (nSPS) is 19.8. The van der Waals surface area contributed by atoms with E-state index in [1.54, 1.807) is 7.11 Å². The van der Waals surface area contributed by atoms with Gasteiger partial charge in [-0.1, -0.05) is 29.8 Å². The number of hydrogen-bond donors (Lipinski definition) is 2. The SMILES string of the molecule is COc1cc2nc(NC3CCC(N)CC3)ncc2cc1-c1ccccc1Cl. The van der Waals surface area contributed by atoms with Crippen molar-refractivity contribution in [2.45, 2.75) is 37.8 Å². The summed E-state index contributed by atoms with van der Waals surface area (Å²) in [6.07, 6.45) is 6.04. The van der Waals surface area contributed by atoms with Gasteiger partial charge in [0.15, 0.2) is 0 Å². The van der Waals surface area contributed by atoms with Crippen molar-refractivity contribution in [2.24, 2.45) is 5.73 Å². The topological polar surface area (TPSA) is 73.1 Å². The van der Waals surface area contributed by atoms with Crippen LogP contribution in [0.15, 0.2) is 42.6 Å². The number of halogens is 1. The molecule has 0 unspecified atom stereocenters. The molecule has 1 aliphatic carbocycles. The Morgan fingerprint density at radius 2 is 1.89 bits per heavy atom. The molecule has 1 fully saturated rings. The highest BCUT2D eigenvalue weighted by Gasteiger charge is 2.19. The van der Waals surface area contributed by atoms with Crippen LogP contribution in [-0.4, -0.2) is 29.2 Å². The van der Waals surface area contributed by atoms with Crippen LogP contribution in [0.2, 0.25) is 5.02 Å². The van der Waals surface area contributed by atoms with E-state index in [1.807, 2.05) is 42.6 Å². The van der Waals surface area contributed by atoms with Gasteiger partial charge < -0.3 is 15.8 Å². The van der Waals surface area contributed by atoms with Crippen LogP contribution in [0.25, 0.3) is 22.0 Å². The minimum absolute atomic E-state index is 0.327. The summed E-state index contributed by atoms with van der Waals surface area (Å²) in [4.78, 5) is 9.19. The van der Waals surface area contributed by atoms with Crippen molar-refractivity contribution >= 4 is 28.5 Å². The minimum atomic E-state index is 0.327. The largest absolute Gasteiger partial charge is 0.496 e. The molecule has 0 bridgehead atoms. The Hall–Kier alpha value is -2.37. The zero-order chi connectivity index (χ0) is 18.8. The van der Waals surface area contributed by atoms with Crippen LogP contribution in [0.4, 0.5) is 5.95 Å². The number of anilines is 1. The van der Waals surface area contributed by atoms with Crippen LogP contribution in [0.5, 0.6) is 5.75 Å². The number of methoxy groups -OCH3 is 1. The van der Waals surface area contributed by atoms with E-state index < -0.39 is 0 Å². The molecule has 6 heteroatoms. The first-order chi connectivity index (χ1) is 13.1. The number of nitrogens with two attached hydrogens (primary N) is 1. The smallest absolute Gasteiger partial charge is 0.223 e. The molecule has 4 rings (SSSR count). The van der Waals surface area contributed by atoms with E-state index in [0.717, 1.165) is 53.5 Å². The predicted octanol–water partition coefficient (Wildman–Crippen LogP) is 4.64. The van der Waals surface area contributed by atoms with Crippen molar-refractivity contribution in [3.63, 3.8) is 0 Å². The van der Waals surface area contributed by atoms with Crippen molar-refractivity contribution in [3.8, 4) is 16.9 Å². The molecule has 1 aliphatic rings. The molecule has 2 aromatic carbocycles. The molecule has 0 radical (unpaired) electrons. The zero-order valence-corrected chi connectivity index (χ0v) is 16.0. The maximum Gasteiger partial charge on any atom is 0.223 e. The predicted molar refractivity (Wildman–Crippen MR) is 110 cm³/mol. The van der Waals surface area contributed by atoms with Crippen LogP contribution in [0, 0.1) is 0 Å². The zero-order valence-electron chi connectivity index (χ0n) is 15.3. The van der Waals surface area contributed by atoms with Crippen LogP contribution < -0.4 is 15.8 Å². The summed E-state index contributed by atoms with van der Waals surface area (Å²) >= 11 is 6.38. The number of fused-ring (bicyclic) bond motifs is 1. The number of aromatic nitrogens is 2. The van der Waals surface area contributed by atoms with E-state index in [-0.39, 0.29) is 0 Å². The molecule has 0 spiro atoms. The number of ether oxygens (including phenoxy) is 1. The Morgan fingerprint density at radius 3 is 2.63 bits per heavy atom. The lowest BCUT2D eigenvalue weighted by Gasteiger charge is -2.26. The van der Waals surface area contributed by atoms with Crippen molar-refractivity contribution in [1.29, 1.82) is 0 Å². The van der Waals surface area contributed by atoms with Crippen molar-refractivity contribution < 1.29 is 4.74 Å². The molecule has 0 atom stereocenters. The fourth-order valence-electron chi connectivity index (χ4n) is 3.63. The summed E-state index contributed by atoms with van der Waals surface area (Å²) in [6, 6.07) is 12.4. The van der Waals surface area contributed by atoms with Crippen molar-refractivity contribution in [3.05, 3.63) is 47.6 Å². The highest BCUT2D eigenvalue weighted by atomic mass is 35.5. The molecule has 1 heterocycles. The molecule has 3 aromatic rings. The number of rotatable bonds is 4. The monoisotopic (exact) mass is 382 g/mol. The van der Waals surface area contributed by atoms with Gasteiger partial charge in [0.05, 0.1) is 12.6 Å². The Kier molecular flexibility index (Phi) is 5.14. The summed E-state index contributed by atoms with van der Waals surface area (Å²) < 4.78 is 5.61. The van der Waals surface area contributed by atoms with Gasteiger partial charge in [-0.05, 0) is 37.8 Å². The Bertz CT molecular complexity index is 954. The fourth-order valence-corrected chi connectivity index (χ4v) is 3.87.